The van der Waals surface area contributed by atoms with Crippen LogP contribution >= 0.6 is 0 Å². The van der Waals surface area contributed by atoms with Gasteiger partial charge < -0.3 is 10.7 Å². The standard InChI is InChI=1S/C13H12N4O/c14-8-9-3-1-4-10(7-9)17-12-11(16-13(17)18)5-2-6-15-12/h1-7H,8,14H2,(H,16,18). The number of nitrogens with zero attached hydrogens (tertiary/aromatic N) is 2. The van der Waals surface area contributed by atoms with E-state index in [0.717, 1.165) is 16.8 Å². The van der Waals surface area contributed by atoms with Crippen LogP contribution < -0.4 is 11.4 Å². The summed E-state index contributed by atoms with van der Waals surface area (Å²) in [5.41, 5.74) is 8.51. The number of H-pyrrole nitrogens is 1. The van der Waals surface area contributed by atoms with E-state index in [9.17, 15) is 4.79 Å². The van der Waals surface area contributed by atoms with Crippen molar-refractivity contribution >= 4 is 11.2 Å². The van der Waals surface area contributed by atoms with Crippen molar-refractivity contribution in [1.29, 1.82) is 0 Å². The van der Waals surface area contributed by atoms with E-state index in [1.165, 1.54) is 0 Å². The van der Waals surface area contributed by atoms with Gasteiger partial charge in [0.15, 0.2) is 5.65 Å². The number of fused-ring (bicyclic) bond motifs is 1. The Balaban J connectivity index is 2.30. The largest absolute Gasteiger partial charge is 0.332 e. The summed E-state index contributed by atoms with van der Waals surface area (Å²) < 4.78 is 1.55. The maximum Gasteiger partial charge on any atom is 0.332 e. The van der Waals surface area contributed by atoms with Crippen LogP contribution in [-0.4, -0.2) is 14.5 Å². The minimum atomic E-state index is -0.196. The molecule has 90 valence electrons. The van der Waals surface area contributed by atoms with E-state index >= 15 is 0 Å². The van der Waals surface area contributed by atoms with Gasteiger partial charge in [-0.15, -0.1) is 0 Å². The lowest BCUT2D eigenvalue weighted by Gasteiger charge is -2.04. The molecule has 3 rings (SSSR count). The maximum absolute atomic E-state index is 12.0. The number of nitrogens with one attached hydrogen (secondary N) is 1. The van der Waals surface area contributed by atoms with Crippen LogP contribution in [0.5, 0.6) is 0 Å². The molecule has 0 bridgehead atoms. The van der Waals surface area contributed by atoms with Crippen molar-refractivity contribution in [3.8, 4) is 5.69 Å². The second-order valence-corrected chi connectivity index (χ2v) is 4.01. The third kappa shape index (κ3) is 1.61. The molecule has 0 radical (unpaired) electrons. The van der Waals surface area contributed by atoms with Gasteiger partial charge in [0.05, 0.1) is 11.2 Å². The lowest BCUT2D eigenvalue weighted by molar-refractivity contribution is 0.986. The van der Waals surface area contributed by atoms with Crippen LogP contribution in [0.2, 0.25) is 0 Å². The molecule has 5 heteroatoms. The maximum atomic E-state index is 12.0. The van der Waals surface area contributed by atoms with Crippen molar-refractivity contribution in [2.24, 2.45) is 5.73 Å². The van der Waals surface area contributed by atoms with Crippen molar-refractivity contribution in [2.45, 2.75) is 6.54 Å². The summed E-state index contributed by atoms with van der Waals surface area (Å²) in [5, 5.41) is 0. The van der Waals surface area contributed by atoms with E-state index in [0.29, 0.717) is 12.2 Å². The molecule has 0 aliphatic heterocycles. The normalized spacial score (nSPS) is 10.9. The SMILES string of the molecule is NCc1cccc(-n2c(=O)[nH]c3cccnc32)c1. The molecule has 0 aliphatic rings. The fraction of sp³-hybridized carbons (Fsp3) is 0.0769. The van der Waals surface area contributed by atoms with Crippen molar-refractivity contribution in [2.75, 3.05) is 0 Å². The summed E-state index contributed by atoms with van der Waals surface area (Å²) >= 11 is 0. The molecule has 1 aromatic carbocycles. The summed E-state index contributed by atoms with van der Waals surface area (Å²) in [6.07, 6.45) is 1.67. The van der Waals surface area contributed by atoms with Gasteiger partial charge in [0.1, 0.15) is 0 Å². The zero-order valence-corrected chi connectivity index (χ0v) is 9.63. The van der Waals surface area contributed by atoms with Crippen molar-refractivity contribution in [3.05, 3.63) is 58.6 Å². The number of imidazole rings is 1. The molecule has 2 aromatic heterocycles. The highest BCUT2D eigenvalue weighted by molar-refractivity contribution is 5.72. The first-order chi connectivity index (χ1) is 8.79. The first kappa shape index (κ1) is 10.7. The van der Waals surface area contributed by atoms with Crippen LogP contribution in [0.4, 0.5) is 0 Å². The number of aromatic amines is 1. The highest BCUT2D eigenvalue weighted by Gasteiger charge is 2.09. The number of hydrogen-bond donors (Lipinski definition) is 2. The van der Waals surface area contributed by atoms with Crippen LogP contribution in [0.3, 0.4) is 0 Å². The molecule has 2 heterocycles. The van der Waals surface area contributed by atoms with Crippen LogP contribution in [0.15, 0.2) is 47.4 Å². The van der Waals surface area contributed by atoms with E-state index < -0.39 is 0 Å². The molecule has 18 heavy (non-hydrogen) atoms. The Hall–Kier alpha value is -2.40. The smallest absolute Gasteiger partial charge is 0.326 e. The average Bonchev–Trinajstić information content (AvgIpc) is 2.74. The molecule has 0 unspecified atom stereocenters. The van der Waals surface area contributed by atoms with E-state index in [1.54, 1.807) is 16.8 Å². The Bertz CT molecular complexity index is 757. The zero-order valence-electron chi connectivity index (χ0n) is 9.63. The lowest BCUT2D eigenvalue weighted by atomic mass is 10.2. The van der Waals surface area contributed by atoms with E-state index in [4.69, 9.17) is 5.73 Å². The Morgan fingerprint density at radius 2 is 2.17 bits per heavy atom. The molecule has 3 N–H and O–H groups in total. The second kappa shape index (κ2) is 4.12. The third-order valence-corrected chi connectivity index (χ3v) is 2.85. The van der Waals surface area contributed by atoms with Crippen molar-refractivity contribution in [1.82, 2.24) is 14.5 Å². The topological polar surface area (TPSA) is 76.7 Å². The molecular formula is C13H12N4O. The molecule has 0 atom stereocenters. The lowest BCUT2D eigenvalue weighted by Crippen LogP contribution is -2.15. The Kier molecular flexibility index (Phi) is 2.46. The summed E-state index contributed by atoms with van der Waals surface area (Å²) in [5.74, 6) is 0. The summed E-state index contributed by atoms with van der Waals surface area (Å²) in [4.78, 5) is 19.0. The van der Waals surface area contributed by atoms with Gasteiger partial charge in [-0.3, -0.25) is 0 Å². The number of pyridine rings is 1. The minimum absolute atomic E-state index is 0.196. The number of aromatic nitrogens is 3. The van der Waals surface area contributed by atoms with Gasteiger partial charge in [0, 0.05) is 12.7 Å². The molecule has 5 nitrogen and oxygen atoms in total. The summed E-state index contributed by atoms with van der Waals surface area (Å²) in [6.45, 7) is 0.443. The van der Waals surface area contributed by atoms with E-state index in [1.807, 2.05) is 30.3 Å². The monoisotopic (exact) mass is 240 g/mol. The van der Waals surface area contributed by atoms with Gasteiger partial charge in [-0.1, -0.05) is 12.1 Å². The average molecular weight is 240 g/mol. The number of rotatable bonds is 2. The predicted octanol–water partition coefficient (Wildman–Crippen LogP) is 1.17. The molecule has 0 spiro atoms. The van der Waals surface area contributed by atoms with Crippen molar-refractivity contribution < 1.29 is 0 Å². The Morgan fingerprint density at radius 1 is 1.28 bits per heavy atom. The quantitative estimate of drug-likeness (QED) is 0.706. The molecule has 0 aliphatic carbocycles. The van der Waals surface area contributed by atoms with Gasteiger partial charge in [-0.25, -0.2) is 14.3 Å². The van der Waals surface area contributed by atoms with E-state index in [-0.39, 0.29) is 5.69 Å². The van der Waals surface area contributed by atoms with Crippen LogP contribution in [0.1, 0.15) is 5.56 Å². The van der Waals surface area contributed by atoms with Gasteiger partial charge in [-0.2, -0.15) is 0 Å². The second-order valence-electron chi connectivity index (χ2n) is 4.01. The van der Waals surface area contributed by atoms with Crippen LogP contribution in [-0.2, 0) is 6.54 Å². The number of hydrogen-bond acceptors (Lipinski definition) is 3. The van der Waals surface area contributed by atoms with Gasteiger partial charge in [-0.05, 0) is 29.8 Å². The summed E-state index contributed by atoms with van der Waals surface area (Å²) in [6, 6.07) is 11.2. The minimum Gasteiger partial charge on any atom is -0.326 e. The van der Waals surface area contributed by atoms with Crippen molar-refractivity contribution in [3.63, 3.8) is 0 Å². The molecular weight excluding hydrogens is 228 g/mol. The zero-order chi connectivity index (χ0) is 12.5. The number of benzene rings is 1. The molecule has 0 fully saturated rings. The first-order valence-electron chi connectivity index (χ1n) is 5.65. The number of nitrogens with two attached hydrogens (primary N) is 1. The molecule has 3 aromatic rings. The van der Waals surface area contributed by atoms with Crippen LogP contribution in [0.25, 0.3) is 16.9 Å². The highest BCUT2D eigenvalue weighted by Crippen LogP contribution is 2.14. The van der Waals surface area contributed by atoms with E-state index in [2.05, 4.69) is 9.97 Å². The highest BCUT2D eigenvalue weighted by atomic mass is 16.1. The summed E-state index contributed by atoms with van der Waals surface area (Å²) in [7, 11) is 0. The Morgan fingerprint density at radius 3 is 3.00 bits per heavy atom. The van der Waals surface area contributed by atoms with Crippen LogP contribution in [0, 0.1) is 0 Å². The molecule has 0 saturated heterocycles. The third-order valence-electron chi connectivity index (χ3n) is 2.85. The Labute approximate surface area is 103 Å². The molecule has 0 saturated carbocycles. The first-order valence-corrected chi connectivity index (χ1v) is 5.65. The fourth-order valence-corrected chi connectivity index (χ4v) is 2.00. The van der Waals surface area contributed by atoms with Gasteiger partial charge in [0.25, 0.3) is 0 Å². The predicted molar refractivity (Wildman–Crippen MR) is 69.6 cm³/mol. The fourth-order valence-electron chi connectivity index (χ4n) is 2.00. The molecule has 0 amide bonds. The van der Waals surface area contributed by atoms with Gasteiger partial charge in [0.2, 0.25) is 0 Å². The van der Waals surface area contributed by atoms with Gasteiger partial charge >= 0.3 is 5.69 Å².